The lowest BCUT2D eigenvalue weighted by atomic mass is 10.3. The second-order valence-corrected chi connectivity index (χ2v) is 6.71. The fraction of sp³-hybridized carbons (Fsp3) is 0.182. The number of pyridine rings is 1. The van der Waals surface area contributed by atoms with Crippen molar-refractivity contribution in [1.29, 1.82) is 0 Å². The standard InChI is InChI=1S/C11H11N3O4S2/c1-7-3-2-4-8(14-7)5-13-20(17,18)11-9(10(15)16)12-6-19-11/h2-4,6,13H,5H2,1H3,(H,15,16). The maximum absolute atomic E-state index is 12.0. The molecule has 2 rings (SSSR count). The molecule has 0 saturated carbocycles. The van der Waals surface area contributed by atoms with Gasteiger partial charge in [-0.25, -0.2) is 22.9 Å². The molecule has 2 heterocycles. The number of thiazole rings is 1. The van der Waals surface area contributed by atoms with E-state index in [2.05, 4.69) is 14.7 Å². The Morgan fingerprint density at radius 1 is 1.45 bits per heavy atom. The molecule has 0 aliphatic carbocycles. The van der Waals surface area contributed by atoms with E-state index in [4.69, 9.17) is 5.11 Å². The number of carboxylic acid groups (broad SMARTS) is 1. The lowest BCUT2D eigenvalue weighted by molar-refractivity contribution is 0.0687. The molecule has 0 fully saturated rings. The van der Waals surface area contributed by atoms with Crippen LogP contribution in [-0.2, 0) is 16.6 Å². The first-order chi connectivity index (χ1) is 9.40. The maximum Gasteiger partial charge on any atom is 0.356 e. The van der Waals surface area contributed by atoms with E-state index in [-0.39, 0.29) is 10.8 Å². The predicted octanol–water partition coefficient (Wildman–Crippen LogP) is 1.02. The molecule has 2 N–H and O–H groups in total. The number of hydrogen-bond donors (Lipinski definition) is 2. The van der Waals surface area contributed by atoms with E-state index in [1.54, 1.807) is 25.1 Å². The van der Waals surface area contributed by atoms with Gasteiger partial charge in [0.05, 0.1) is 17.7 Å². The molecule has 0 amide bonds. The lowest BCUT2D eigenvalue weighted by Gasteiger charge is -2.05. The Kier molecular flexibility index (Phi) is 4.12. The molecule has 0 unspecified atom stereocenters. The molecule has 7 nitrogen and oxygen atoms in total. The predicted molar refractivity (Wildman–Crippen MR) is 72.1 cm³/mol. The highest BCUT2D eigenvalue weighted by Crippen LogP contribution is 2.19. The third-order valence-electron chi connectivity index (χ3n) is 2.37. The van der Waals surface area contributed by atoms with Crippen LogP contribution < -0.4 is 4.72 Å². The summed E-state index contributed by atoms with van der Waals surface area (Å²) in [6, 6.07) is 5.24. The summed E-state index contributed by atoms with van der Waals surface area (Å²) in [7, 11) is -3.92. The minimum atomic E-state index is -3.92. The van der Waals surface area contributed by atoms with Crippen LogP contribution in [0.25, 0.3) is 0 Å². The second-order valence-electron chi connectivity index (χ2n) is 3.89. The van der Waals surface area contributed by atoms with E-state index in [9.17, 15) is 13.2 Å². The van der Waals surface area contributed by atoms with Crippen molar-refractivity contribution >= 4 is 27.3 Å². The first-order valence-corrected chi connectivity index (χ1v) is 7.85. The molecule has 0 bridgehead atoms. The van der Waals surface area contributed by atoms with Gasteiger partial charge in [0.15, 0.2) is 9.90 Å². The molecule has 20 heavy (non-hydrogen) atoms. The number of sulfonamides is 1. The van der Waals surface area contributed by atoms with Gasteiger partial charge in [0.25, 0.3) is 10.0 Å². The Bertz CT molecular complexity index is 740. The highest BCUT2D eigenvalue weighted by atomic mass is 32.2. The molecule has 0 spiro atoms. The number of aromatic carboxylic acids is 1. The van der Waals surface area contributed by atoms with Gasteiger partial charge in [-0.2, -0.15) is 0 Å². The van der Waals surface area contributed by atoms with Gasteiger partial charge in [0, 0.05) is 5.69 Å². The van der Waals surface area contributed by atoms with Gasteiger partial charge in [0.2, 0.25) is 0 Å². The average molecular weight is 313 g/mol. The molecule has 9 heteroatoms. The Balaban J connectivity index is 2.19. The van der Waals surface area contributed by atoms with Crippen LogP contribution in [0.15, 0.2) is 27.9 Å². The second kappa shape index (κ2) is 5.65. The number of hydrogen-bond acceptors (Lipinski definition) is 6. The molecule has 0 aliphatic rings. The maximum atomic E-state index is 12.0. The largest absolute Gasteiger partial charge is 0.476 e. The molecule has 0 radical (unpaired) electrons. The molecule has 2 aromatic heterocycles. The van der Waals surface area contributed by atoms with E-state index in [1.807, 2.05) is 0 Å². The topological polar surface area (TPSA) is 109 Å². The monoisotopic (exact) mass is 313 g/mol. The fourth-order valence-electron chi connectivity index (χ4n) is 1.50. The molecule has 106 valence electrons. The summed E-state index contributed by atoms with van der Waals surface area (Å²) in [5, 5.41) is 8.88. The Hall–Kier alpha value is -1.84. The molecule has 0 saturated heterocycles. The van der Waals surface area contributed by atoms with Gasteiger partial charge in [-0.05, 0) is 19.1 Å². The first kappa shape index (κ1) is 14.6. The molecule has 0 atom stereocenters. The van der Waals surface area contributed by atoms with Crippen LogP contribution in [0.2, 0.25) is 0 Å². The smallest absolute Gasteiger partial charge is 0.356 e. The van der Waals surface area contributed by atoms with Crippen molar-refractivity contribution in [2.75, 3.05) is 0 Å². The third kappa shape index (κ3) is 3.18. The Labute approximate surface area is 119 Å². The van der Waals surface area contributed by atoms with E-state index in [0.29, 0.717) is 5.69 Å². The third-order valence-corrected chi connectivity index (χ3v) is 5.14. The van der Waals surface area contributed by atoms with Crippen LogP contribution >= 0.6 is 11.3 Å². The minimum absolute atomic E-state index is 0.0129. The first-order valence-electron chi connectivity index (χ1n) is 5.49. The van der Waals surface area contributed by atoms with Crippen molar-refractivity contribution in [3.63, 3.8) is 0 Å². The Morgan fingerprint density at radius 2 is 2.20 bits per heavy atom. The van der Waals surface area contributed by atoms with Gasteiger partial charge in [-0.3, -0.25) is 4.98 Å². The zero-order valence-corrected chi connectivity index (χ0v) is 12.0. The zero-order valence-electron chi connectivity index (χ0n) is 10.4. The minimum Gasteiger partial charge on any atom is -0.476 e. The van der Waals surface area contributed by atoms with Gasteiger partial charge in [0.1, 0.15) is 0 Å². The van der Waals surface area contributed by atoms with Crippen LogP contribution in [0.5, 0.6) is 0 Å². The van der Waals surface area contributed by atoms with Crippen LogP contribution in [0.1, 0.15) is 21.9 Å². The van der Waals surface area contributed by atoms with Crippen molar-refractivity contribution in [2.24, 2.45) is 0 Å². The van der Waals surface area contributed by atoms with Crippen LogP contribution in [0.4, 0.5) is 0 Å². The van der Waals surface area contributed by atoms with Gasteiger partial charge in [-0.1, -0.05) is 6.07 Å². The summed E-state index contributed by atoms with van der Waals surface area (Å²) >= 11 is 0.760. The SMILES string of the molecule is Cc1cccc(CNS(=O)(=O)c2scnc2C(=O)O)n1. The summed E-state index contributed by atoms with van der Waals surface area (Å²) in [5.74, 6) is -1.37. The number of nitrogens with zero attached hydrogens (tertiary/aromatic N) is 2. The van der Waals surface area contributed by atoms with E-state index >= 15 is 0 Å². The van der Waals surface area contributed by atoms with Crippen LogP contribution in [-0.4, -0.2) is 29.5 Å². The number of rotatable bonds is 5. The number of nitrogens with one attached hydrogen (secondary N) is 1. The van der Waals surface area contributed by atoms with Crippen molar-refractivity contribution in [2.45, 2.75) is 17.7 Å². The van der Waals surface area contributed by atoms with Crippen molar-refractivity contribution in [3.8, 4) is 0 Å². The normalized spacial score (nSPS) is 11.4. The zero-order chi connectivity index (χ0) is 14.8. The highest BCUT2D eigenvalue weighted by molar-refractivity contribution is 7.91. The number of carbonyl (C=O) groups is 1. The number of aryl methyl sites for hydroxylation is 1. The number of aromatic nitrogens is 2. The highest BCUT2D eigenvalue weighted by Gasteiger charge is 2.25. The lowest BCUT2D eigenvalue weighted by Crippen LogP contribution is -2.24. The summed E-state index contributed by atoms with van der Waals surface area (Å²) in [4.78, 5) is 18.6. The van der Waals surface area contributed by atoms with Gasteiger partial charge >= 0.3 is 5.97 Å². The molecule has 0 aromatic carbocycles. The van der Waals surface area contributed by atoms with Crippen LogP contribution in [0.3, 0.4) is 0 Å². The molecule has 0 aliphatic heterocycles. The Morgan fingerprint density at radius 3 is 2.85 bits per heavy atom. The van der Waals surface area contributed by atoms with Crippen molar-refractivity contribution in [1.82, 2.24) is 14.7 Å². The van der Waals surface area contributed by atoms with E-state index in [0.717, 1.165) is 17.0 Å². The fourth-order valence-corrected chi connectivity index (χ4v) is 3.68. The summed E-state index contributed by atoms with van der Waals surface area (Å²) in [6.45, 7) is 1.78. The molecular formula is C11H11N3O4S2. The van der Waals surface area contributed by atoms with Gasteiger partial charge in [-0.15, -0.1) is 11.3 Å². The quantitative estimate of drug-likeness (QED) is 0.853. The summed E-state index contributed by atoms with van der Waals surface area (Å²) in [6.07, 6.45) is 0. The molecular weight excluding hydrogens is 302 g/mol. The number of carboxylic acids is 1. The summed E-state index contributed by atoms with van der Waals surface area (Å²) < 4.78 is 26.1. The van der Waals surface area contributed by atoms with E-state index < -0.39 is 21.7 Å². The summed E-state index contributed by atoms with van der Waals surface area (Å²) in [5.41, 5.74) is 2.03. The average Bonchev–Trinajstić information content (AvgIpc) is 2.87. The van der Waals surface area contributed by atoms with Crippen molar-refractivity contribution < 1.29 is 18.3 Å². The van der Waals surface area contributed by atoms with Crippen LogP contribution in [0, 0.1) is 6.92 Å². The van der Waals surface area contributed by atoms with Gasteiger partial charge < -0.3 is 5.11 Å². The molecule has 2 aromatic rings. The van der Waals surface area contributed by atoms with Crippen molar-refractivity contribution in [3.05, 3.63) is 40.8 Å². The van der Waals surface area contributed by atoms with E-state index in [1.165, 1.54) is 5.51 Å².